The lowest BCUT2D eigenvalue weighted by Gasteiger charge is -1.79. The lowest BCUT2D eigenvalue weighted by atomic mass is 10.3. The van der Waals surface area contributed by atoms with E-state index in [4.69, 9.17) is 5.73 Å². The molecule has 0 saturated carbocycles. The second-order valence-corrected chi connectivity index (χ2v) is 6.04. The van der Waals surface area contributed by atoms with Gasteiger partial charge in [0.1, 0.15) is 0 Å². The number of rotatable bonds is 0. The molecule has 2 N–H and O–H groups in total. The molecular weight excluding hydrogens is 218 g/mol. The van der Waals surface area contributed by atoms with Crippen molar-refractivity contribution in [3.63, 3.8) is 0 Å². The molecule has 3 aromatic rings. The van der Waals surface area contributed by atoms with Crippen molar-refractivity contribution in [3.8, 4) is 0 Å². The standard InChI is InChI=1S/C9H7NS3/c1-4-3-11-9-7(4)12-5-2-6(10)13-8(5)9/h2-3H,10H2,1H3. The molecule has 0 aliphatic carbocycles. The summed E-state index contributed by atoms with van der Waals surface area (Å²) in [6, 6.07) is 2.08. The molecule has 0 spiro atoms. The Morgan fingerprint density at radius 3 is 2.85 bits per heavy atom. The Hall–Kier alpha value is -0.580. The summed E-state index contributed by atoms with van der Waals surface area (Å²) < 4.78 is 5.56. The van der Waals surface area contributed by atoms with Crippen molar-refractivity contribution in [1.82, 2.24) is 0 Å². The first-order valence-electron chi connectivity index (χ1n) is 3.91. The van der Waals surface area contributed by atoms with Gasteiger partial charge in [-0.3, -0.25) is 0 Å². The minimum Gasteiger partial charge on any atom is -0.391 e. The van der Waals surface area contributed by atoms with Crippen molar-refractivity contribution >= 4 is 57.8 Å². The van der Waals surface area contributed by atoms with Crippen LogP contribution >= 0.6 is 34.0 Å². The number of fused-ring (bicyclic) bond motifs is 3. The molecule has 4 heteroatoms. The number of aryl methyl sites for hydroxylation is 1. The van der Waals surface area contributed by atoms with Crippen molar-refractivity contribution < 1.29 is 0 Å². The first-order valence-corrected chi connectivity index (χ1v) is 6.42. The predicted molar refractivity (Wildman–Crippen MR) is 64.2 cm³/mol. The minimum absolute atomic E-state index is 0.925. The molecule has 0 aromatic carbocycles. The number of anilines is 1. The molecule has 0 aliphatic rings. The zero-order valence-electron chi connectivity index (χ0n) is 6.96. The molecule has 0 unspecified atom stereocenters. The van der Waals surface area contributed by atoms with Crippen molar-refractivity contribution in [2.24, 2.45) is 0 Å². The largest absolute Gasteiger partial charge is 0.391 e. The van der Waals surface area contributed by atoms with Crippen LogP contribution in [0.2, 0.25) is 0 Å². The summed E-state index contributed by atoms with van der Waals surface area (Å²) >= 11 is 5.39. The summed E-state index contributed by atoms with van der Waals surface area (Å²) in [5, 5.41) is 3.14. The van der Waals surface area contributed by atoms with Crippen LogP contribution in [-0.2, 0) is 0 Å². The Bertz CT molecular complexity index is 584. The van der Waals surface area contributed by atoms with Crippen LogP contribution in [0, 0.1) is 6.92 Å². The van der Waals surface area contributed by atoms with Gasteiger partial charge in [-0.25, -0.2) is 0 Å². The molecule has 0 amide bonds. The van der Waals surface area contributed by atoms with E-state index >= 15 is 0 Å². The SMILES string of the molecule is Cc1csc2c1sc1cc(N)sc12. The molecule has 1 nitrogen and oxygen atoms in total. The Morgan fingerprint density at radius 2 is 2.00 bits per heavy atom. The van der Waals surface area contributed by atoms with Gasteiger partial charge in [0.15, 0.2) is 0 Å². The van der Waals surface area contributed by atoms with Crippen LogP contribution in [0.25, 0.3) is 18.8 Å². The minimum atomic E-state index is 0.925. The van der Waals surface area contributed by atoms with Gasteiger partial charge in [-0.1, -0.05) is 0 Å². The highest BCUT2D eigenvalue weighted by Crippen LogP contribution is 2.44. The maximum absolute atomic E-state index is 5.76. The van der Waals surface area contributed by atoms with Crippen LogP contribution in [0.1, 0.15) is 5.56 Å². The summed E-state index contributed by atoms with van der Waals surface area (Å²) in [5.41, 5.74) is 7.16. The van der Waals surface area contributed by atoms with E-state index in [9.17, 15) is 0 Å². The number of hydrogen-bond acceptors (Lipinski definition) is 4. The molecule has 13 heavy (non-hydrogen) atoms. The summed E-state index contributed by atoms with van der Waals surface area (Å²) in [4.78, 5) is 0. The lowest BCUT2D eigenvalue weighted by molar-refractivity contribution is 1.63. The molecule has 66 valence electrons. The predicted octanol–water partition coefficient (Wildman–Crippen LogP) is 4.07. The van der Waals surface area contributed by atoms with Gasteiger partial charge >= 0.3 is 0 Å². The Labute approximate surface area is 87.4 Å². The van der Waals surface area contributed by atoms with E-state index in [1.807, 2.05) is 22.7 Å². The van der Waals surface area contributed by atoms with Gasteiger partial charge in [0.2, 0.25) is 0 Å². The average Bonchev–Trinajstić information content (AvgIpc) is 2.65. The molecule has 0 bridgehead atoms. The van der Waals surface area contributed by atoms with Gasteiger partial charge in [0, 0.05) is 4.70 Å². The van der Waals surface area contributed by atoms with Crippen LogP contribution in [0.15, 0.2) is 11.4 Å². The van der Waals surface area contributed by atoms with E-state index in [-0.39, 0.29) is 0 Å². The van der Waals surface area contributed by atoms with Crippen LogP contribution in [0.5, 0.6) is 0 Å². The second kappa shape index (κ2) is 2.47. The Morgan fingerprint density at radius 1 is 1.15 bits per heavy atom. The molecule has 0 saturated heterocycles. The quantitative estimate of drug-likeness (QED) is 0.613. The average molecular weight is 225 g/mol. The third-order valence-corrected chi connectivity index (χ3v) is 5.81. The lowest BCUT2D eigenvalue weighted by Crippen LogP contribution is -1.72. The van der Waals surface area contributed by atoms with Gasteiger partial charge in [0.05, 0.1) is 19.1 Å². The maximum Gasteiger partial charge on any atom is 0.0877 e. The van der Waals surface area contributed by atoms with Crippen molar-refractivity contribution in [1.29, 1.82) is 0 Å². The molecule has 0 atom stereocenters. The van der Waals surface area contributed by atoms with E-state index in [0.717, 1.165) is 5.00 Å². The molecule has 3 rings (SSSR count). The Balaban J connectivity index is 2.59. The summed E-state index contributed by atoms with van der Waals surface area (Å²) in [6.07, 6.45) is 0. The van der Waals surface area contributed by atoms with Crippen LogP contribution in [0.4, 0.5) is 5.00 Å². The van der Waals surface area contributed by atoms with Crippen molar-refractivity contribution in [2.45, 2.75) is 6.92 Å². The highest BCUT2D eigenvalue weighted by molar-refractivity contribution is 7.39. The zero-order valence-corrected chi connectivity index (χ0v) is 9.41. The fraction of sp³-hybridized carbons (Fsp3) is 0.111. The first kappa shape index (κ1) is 7.79. The molecule has 0 fully saturated rings. The number of thiophene rings is 3. The topological polar surface area (TPSA) is 26.0 Å². The Kier molecular flexibility index (Phi) is 1.48. The molecule has 3 heterocycles. The van der Waals surface area contributed by atoms with Gasteiger partial charge in [-0.05, 0) is 23.9 Å². The van der Waals surface area contributed by atoms with Crippen LogP contribution in [0.3, 0.4) is 0 Å². The summed E-state index contributed by atoms with van der Waals surface area (Å²) in [7, 11) is 0. The van der Waals surface area contributed by atoms with E-state index in [0.29, 0.717) is 0 Å². The third-order valence-electron chi connectivity index (χ3n) is 2.05. The van der Waals surface area contributed by atoms with E-state index in [1.165, 1.54) is 24.4 Å². The van der Waals surface area contributed by atoms with Gasteiger partial charge in [-0.15, -0.1) is 34.0 Å². The van der Waals surface area contributed by atoms with Gasteiger partial charge in [-0.2, -0.15) is 0 Å². The molecule has 3 aromatic heterocycles. The third kappa shape index (κ3) is 0.964. The summed E-state index contributed by atoms with van der Waals surface area (Å²) in [6.45, 7) is 2.17. The van der Waals surface area contributed by atoms with E-state index in [2.05, 4.69) is 18.4 Å². The highest BCUT2D eigenvalue weighted by atomic mass is 32.1. The zero-order chi connectivity index (χ0) is 9.00. The van der Waals surface area contributed by atoms with Crippen molar-refractivity contribution in [2.75, 3.05) is 5.73 Å². The van der Waals surface area contributed by atoms with Crippen LogP contribution in [-0.4, -0.2) is 0 Å². The monoisotopic (exact) mass is 225 g/mol. The maximum atomic E-state index is 5.76. The van der Waals surface area contributed by atoms with E-state index in [1.54, 1.807) is 11.3 Å². The molecule has 0 radical (unpaired) electrons. The fourth-order valence-electron chi connectivity index (χ4n) is 1.45. The summed E-state index contributed by atoms with van der Waals surface area (Å²) in [5.74, 6) is 0. The van der Waals surface area contributed by atoms with Gasteiger partial charge in [0.25, 0.3) is 0 Å². The molecular formula is C9H7NS3. The van der Waals surface area contributed by atoms with Gasteiger partial charge < -0.3 is 5.73 Å². The first-order chi connectivity index (χ1) is 6.25. The second-order valence-electron chi connectivity index (χ2n) is 3.02. The fourth-order valence-corrected chi connectivity index (χ4v) is 5.20. The normalized spacial score (nSPS) is 11.8. The highest BCUT2D eigenvalue weighted by Gasteiger charge is 2.11. The van der Waals surface area contributed by atoms with E-state index < -0.39 is 0 Å². The number of nitrogens with two attached hydrogens (primary N) is 1. The molecule has 0 aliphatic heterocycles. The number of nitrogen functional groups attached to an aromatic ring is 1. The number of hydrogen-bond donors (Lipinski definition) is 1. The van der Waals surface area contributed by atoms with Crippen LogP contribution < -0.4 is 5.73 Å². The smallest absolute Gasteiger partial charge is 0.0877 e. The van der Waals surface area contributed by atoms with Crippen molar-refractivity contribution in [3.05, 3.63) is 17.0 Å².